The molecule has 1 amide bonds. The van der Waals surface area contributed by atoms with E-state index in [1.807, 2.05) is 23.9 Å². The molecule has 1 saturated heterocycles. The number of nitrogens with one attached hydrogen (secondary N) is 1. The molecule has 1 aromatic rings. The van der Waals surface area contributed by atoms with E-state index in [9.17, 15) is 4.79 Å². The van der Waals surface area contributed by atoms with Crippen molar-refractivity contribution < 1.29 is 9.21 Å². The first-order valence-corrected chi connectivity index (χ1v) is 7.32. The third-order valence-corrected chi connectivity index (χ3v) is 4.96. The first-order chi connectivity index (χ1) is 8.34. The molecule has 2 heterocycles. The molecule has 1 aliphatic carbocycles. The lowest BCUT2D eigenvalue weighted by Gasteiger charge is -2.09. The molecule has 0 bridgehead atoms. The number of hydrogen-bond donors (Lipinski definition) is 1. The molecular weight excluding hydrogens is 234 g/mol. The topological polar surface area (TPSA) is 42.2 Å². The molecule has 17 heavy (non-hydrogen) atoms. The van der Waals surface area contributed by atoms with Crippen LogP contribution in [0, 0.1) is 5.92 Å². The van der Waals surface area contributed by atoms with Gasteiger partial charge in [0, 0.05) is 23.6 Å². The van der Waals surface area contributed by atoms with Crippen LogP contribution in [-0.4, -0.2) is 23.5 Å². The van der Waals surface area contributed by atoms with Gasteiger partial charge < -0.3 is 9.73 Å². The fraction of sp³-hybridized carbons (Fsp3) is 0.615. The second-order valence-electron chi connectivity index (χ2n) is 4.84. The predicted molar refractivity (Wildman–Crippen MR) is 68.0 cm³/mol. The van der Waals surface area contributed by atoms with Crippen molar-refractivity contribution in [3.05, 3.63) is 24.2 Å². The Morgan fingerprint density at radius 1 is 1.59 bits per heavy atom. The van der Waals surface area contributed by atoms with Crippen LogP contribution in [0.4, 0.5) is 0 Å². The van der Waals surface area contributed by atoms with E-state index in [4.69, 9.17) is 4.42 Å². The van der Waals surface area contributed by atoms with Crippen molar-refractivity contribution in [2.45, 2.75) is 30.4 Å². The number of rotatable bonds is 4. The van der Waals surface area contributed by atoms with E-state index in [0.717, 1.165) is 18.7 Å². The number of furan rings is 1. The maximum Gasteiger partial charge on any atom is 0.223 e. The minimum Gasteiger partial charge on any atom is -0.469 e. The second-order valence-corrected chi connectivity index (χ2v) is 6.25. The SMILES string of the molecule is O=C(NC[C@@H]1CCCS1)[C@@H]1C[C@H]1c1ccco1. The maximum absolute atomic E-state index is 11.9. The molecule has 0 radical (unpaired) electrons. The van der Waals surface area contributed by atoms with Crippen LogP contribution >= 0.6 is 11.8 Å². The number of thioether (sulfide) groups is 1. The van der Waals surface area contributed by atoms with Crippen molar-refractivity contribution in [3.8, 4) is 0 Å². The van der Waals surface area contributed by atoms with Crippen molar-refractivity contribution in [1.29, 1.82) is 0 Å². The summed E-state index contributed by atoms with van der Waals surface area (Å²) in [6, 6.07) is 3.85. The van der Waals surface area contributed by atoms with Crippen molar-refractivity contribution >= 4 is 17.7 Å². The third-order valence-electron chi connectivity index (χ3n) is 3.56. The highest BCUT2D eigenvalue weighted by atomic mass is 32.2. The van der Waals surface area contributed by atoms with Crippen LogP contribution in [0.3, 0.4) is 0 Å². The number of carbonyl (C=O) groups excluding carboxylic acids is 1. The highest BCUT2D eigenvalue weighted by Gasteiger charge is 2.45. The lowest BCUT2D eigenvalue weighted by Crippen LogP contribution is -2.31. The van der Waals surface area contributed by atoms with E-state index in [-0.39, 0.29) is 11.8 Å². The van der Waals surface area contributed by atoms with E-state index in [2.05, 4.69) is 5.32 Å². The molecule has 0 aromatic carbocycles. The third kappa shape index (κ3) is 2.51. The Bertz CT molecular complexity index is 384. The van der Waals surface area contributed by atoms with Crippen molar-refractivity contribution in [1.82, 2.24) is 5.32 Å². The fourth-order valence-electron chi connectivity index (χ4n) is 2.45. The first kappa shape index (κ1) is 11.2. The van der Waals surface area contributed by atoms with Gasteiger partial charge in [0.1, 0.15) is 5.76 Å². The first-order valence-electron chi connectivity index (χ1n) is 6.27. The van der Waals surface area contributed by atoms with Crippen LogP contribution in [-0.2, 0) is 4.79 Å². The summed E-state index contributed by atoms with van der Waals surface area (Å²) in [4.78, 5) is 11.9. The van der Waals surface area contributed by atoms with E-state index < -0.39 is 0 Å². The number of amides is 1. The summed E-state index contributed by atoms with van der Waals surface area (Å²) in [5.74, 6) is 2.88. The molecule has 0 spiro atoms. The minimum atomic E-state index is 0.146. The van der Waals surface area contributed by atoms with Crippen LogP contribution in [0.25, 0.3) is 0 Å². The predicted octanol–water partition coefficient (Wildman–Crippen LogP) is 2.39. The lowest BCUT2D eigenvalue weighted by molar-refractivity contribution is -0.122. The van der Waals surface area contributed by atoms with Gasteiger partial charge in [0.25, 0.3) is 0 Å². The van der Waals surface area contributed by atoms with E-state index in [1.165, 1.54) is 18.6 Å². The molecular formula is C13H17NO2S. The van der Waals surface area contributed by atoms with Crippen LogP contribution in [0.5, 0.6) is 0 Å². The van der Waals surface area contributed by atoms with Gasteiger partial charge in [-0.15, -0.1) is 0 Å². The van der Waals surface area contributed by atoms with Gasteiger partial charge in [-0.25, -0.2) is 0 Å². The van der Waals surface area contributed by atoms with Crippen molar-refractivity contribution in [2.24, 2.45) is 5.92 Å². The van der Waals surface area contributed by atoms with Gasteiger partial charge in [-0.05, 0) is 37.1 Å². The summed E-state index contributed by atoms with van der Waals surface area (Å²) in [7, 11) is 0. The molecule has 4 heteroatoms. The summed E-state index contributed by atoms with van der Waals surface area (Å²) < 4.78 is 5.33. The van der Waals surface area contributed by atoms with Gasteiger partial charge in [-0.3, -0.25) is 4.79 Å². The largest absolute Gasteiger partial charge is 0.469 e. The Kier molecular flexibility index (Phi) is 3.14. The Hall–Kier alpha value is -0.900. The molecule has 2 aliphatic rings. The lowest BCUT2D eigenvalue weighted by atomic mass is 10.2. The van der Waals surface area contributed by atoms with Crippen LogP contribution in [0.2, 0.25) is 0 Å². The molecule has 3 atom stereocenters. The average Bonchev–Trinajstić information content (AvgIpc) is 2.82. The smallest absolute Gasteiger partial charge is 0.223 e. The number of hydrogen-bond acceptors (Lipinski definition) is 3. The summed E-state index contributed by atoms with van der Waals surface area (Å²) in [5.41, 5.74) is 0. The van der Waals surface area contributed by atoms with E-state index >= 15 is 0 Å². The van der Waals surface area contributed by atoms with Gasteiger partial charge in [-0.2, -0.15) is 11.8 Å². The average molecular weight is 251 g/mol. The molecule has 1 N–H and O–H groups in total. The number of carbonyl (C=O) groups is 1. The monoisotopic (exact) mass is 251 g/mol. The summed E-state index contributed by atoms with van der Waals surface area (Å²) in [6.07, 6.45) is 5.16. The van der Waals surface area contributed by atoms with E-state index in [1.54, 1.807) is 6.26 Å². The second kappa shape index (κ2) is 4.77. The summed E-state index contributed by atoms with van der Waals surface area (Å²) in [6.45, 7) is 0.838. The maximum atomic E-state index is 11.9. The molecule has 3 nitrogen and oxygen atoms in total. The molecule has 1 aliphatic heterocycles. The zero-order valence-corrected chi connectivity index (χ0v) is 10.5. The Morgan fingerprint density at radius 2 is 2.53 bits per heavy atom. The molecule has 1 aromatic heterocycles. The van der Waals surface area contributed by atoms with E-state index in [0.29, 0.717) is 11.2 Å². The summed E-state index contributed by atoms with van der Waals surface area (Å²) >= 11 is 1.98. The molecule has 0 unspecified atom stereocenters. The molecule has 3 rings (SSSR count). The highest BCUT2D eigenvalue weighted by molar-refractivity contribution is 8.00. The molecule has 2 fully saturated rings. The van der Waals surface area contributed by atoms with Crippen LogP contribution in [0.15, 0.2) is 22.8 Å². The van der Waals surface area contributed by atoms with Crippen LogP contribution < -0.4 is 5.32 Å². The zero-order valence-electron chi connectivity index (χ0n) is 9.72. The quantitative estimate of drug-likeness (QED) is 0.893. The highest BCUT2D eigenvalue weighted by Crippen LogP contribution is 2.47. The van der Waals surface area contributed by atoms with Gasteiger partial charge in [0.2, 0.25) is 5.91 Å². The summed E-state index contributed by atoms with van der Waals surface area (Å²) in [5, 5.41) is 3.72. The minimum absolute atomic E-state index is 0.146. The fourth-order valence-corrected chi connectivity index (χ4v) is 3.65. The van der Waals surface area contributed by atoms with Crippen LogP contribution in [0.1, 0.15) is 30.9 Å². The molecule has 92 valence electrons. The Labute approximate surface area is 105 Å². The Morgan fingerprint density at radius 3 is 3.24 bits per heavy atom. The van der Waals surface area contributed by atoms with Gasteiger partial charge in [0.05, 0.1) is 6.26 Å². The van der Waals surface area contributed by atoms with Gasteiger partial charge in [0.15, 0.2) is 0 Å². The van der Waals surface area contributed by atoms with Gasteiger partial charge in [-0.1, -0.05) is 0 Å². The standard InChI is InChI=1S/C13H17NO2S/c15-13(14-8-9-3-2-6-17-9)11-7-10(11)12-4-1-5-16-12/h1,4-5,9-11H,2-3,6-8H2,(H,14,15)/t9-,10+,11+/m0/s1. The molecule has 1 saturated carbocycles. The zero-order chi connectivity index (χ0) is 11.7. The van der Waals surface area contributed by atoms with Crippen molar-refractivity contribution in [3.63, 3.8) is 0 Å². The Balaban J connectivity index is 1.45. The van der Waals surface area contributed by atoms with Crippen molar-refractivity contribution in [2.75, 3.05) is 12.3 Å². The van der Waals surface area contributed by atoms with Gasteiger partial charge >= 0.3 is 0 Å². The normalized spacial score (nSPS) is 31.4.